The van der Waals surface area contributed by atoms with Gasteiger partial charge in [0.2, 0.25) is 11.8 Å². The fourth-order valence-electron chi connectivity index (χ4n) is 2.95. The first-order valence-electron chi connectivity index (χ1n) is 9.35. The highest BCUT2D eigenvalue weighted by Crippen LogP contribution is 2.21. The molecule has 2 rings (SSSR count). The molecule has 3 amide bonds. The Balaban J connectivity index is 1.77. The van der Waals surface area contributed by atoms with Crippen LogP contribution in [0.4, 0.5) is 5.69 Å². The van der Waals surface area contributed by atoms with Crippen LogP contribution in [0, 0.1) is 5.92 Å². The van der Waals surface area contributed by atoms with Crippen molar-refractivity contribution in [2.24, 2.45) is 5.92 Å². The minimum absolute atomic E-state index is 0.0103. The number of anilines is 1. The molecule has 29 heavy (non-hydrogen) atoms. The molecule has 1 fully saturated rings. The number of esters is 1. The molecule has 0 aliphatic carbocycles. The van der Waals surface area contributed by atoms with Crippen LogP contribution in [-0.4, -0.2) is 73.4 Å². The Morgan fingerprint density at radius 1 is 1.31 bits per heavy atom. The van der Waals surface area contributed by atoms with E-state index >= 15 is 0 Å². The molecule has 0 bridgehead atoms. The van der Waals surface area contributed by atoms with Crippen LogP contribution >= 0.6 is 0 Å². The average Bonchev–Trinajstić information content (AvgIpc) is 3.07. The summed E-state index contributed by atoms with van der Waals surface area (Å²) in [6, 6.07) is 6.85. The Bertz CT molecular complexity index is 779. The zero-order valence-corrected chi connectivity index (χ0v) is 17.1. The molecule has 1 aromatic rings. The molecule has 1 unspecified atom stereocenters. The number of hydrogen-bond donors (Lipinski definition) is 1. The Morgan fingerprint density at radius 2 is 2.03 bits per heavy atom. The molecular formula is C20H27N3O6. The van der Waals surface area contributed by atoms with Gasteiger partial charge in [-0.05, 0) is 26.0 Å². The normalized spacial score (nSPS) is 16.0. The first kappa shape index (κ1) is 22.2. The van der Waals surface area contributed by atoms with Crippen molar-refractivity contribution >= 4 is 29.4 Å². The standard InChI is InChI=1S/C20H27N3O6/c1-13(2)23-10-14(8-18(23)25)20(27)29-12-19(26)22(3)11-17(24)21-15-6-5-7-16(9-15)28-4/h5-7,9,13-14H,8,10-12H2,1-4H3,(H,21,24). The van der Waals surface area contributed by atoms with Gasteiger partial charge in [-0.25, -0.2) is 0 Å². The second-order valence-corrected chi connectivity index (χ2v) is 7.18. The Morgan fingerprint density at radius 3 is 2.66 bits per heavy atom. The fraction of sp³-hybridized carbons (Fsp3) is 0.500. The van der Waals surface area contributed by atoms with E-state index in [9.17, 15) is 19.2 Å². The first-order valence-corrected chi connectivity index (χ1v) is 9.35. The highest BCUT2D eigenvalue weighted by atomic mass is 16.5. The van der Waals surface area contributed by atoms with Gasteiger partial charge in [-0.15, -0.1) is 0 Å². The van der Waals surface area contributed by atoms with E-state index in [-0.39, 0.29) is 24.9 Å². The summed E-state index contributed by atoms with van der Waals surface area (Å²) in [5.74, 6) is -1.55. The van der Waals surface area contributed by atoms with Gasteiger partial charge in [0.05, 0.1) is 19.6 Å². The maximum Gasteiger partial charge on any atom is 0.311 e. The van der Waals surface area contributed by atoms with E-state index in [4.69, 9.17) is 9.47 Å². The van der Waals surface area contributed by atoms with E-state index in [1.807, 2.05) is 13.8 Å². The molecule has 1 heterocycles. The predicted octanol–water partition coefficient (Wildman–Crippen LogP) is 0.892. The molecule has 1 aliphatic heterocycles. The van der Waals surface area contributed by atoms with Crippen molar-refractivity contribution in [3.05, 3.63) is 24.3 Å². The second-order valence-electron chi connectivity index (χ2n) is 7.18. The second kappa shape index (κ2) is 9.90. The van der Waals surface area contributed by atoms with Gasteiger partial charge in [-0.1, -0.05) is 6.07 Å². The zero-order chi connectivity index (χ0) is 21.6. The summed E-state index contributed by atoms with van der Waals surface area (Å²) in [5, 5.41) is 2.67. The van der Waals surface area contributed by atoms with Gasteiger partial charge in [0.25, 0.3) is 5.91 Å². The SMILES string of the molecule is COc1cccc(NC(=O)CN(C)C(=O)COC(=O)C2CC(=O)N(C(C)C)C2)c1. The minimum atomic E-state index is -0.580. The van der Waals surface area contributed by atoms with Crippen molar-refractivity contribution in [3.63, 3.8) is 0 Å². The summed E-state index contributed by atoms with van der Waals surface area (Å²) in [6.07, 6.45) is 0.0873. The number of carbonyl (C=O) groups is 4. The zero-order valence-electron chi connectivity index (χ0n) is 17.1. The molecule has 0 aromatic heterocycles. The van der Waals surface area contributed by atoms with Crippen molar-refractivity contribution in [3.8, 4) is 5.75 Å². The third kappa shape index (κ3) is 6.20. The van der Waals surface area contributed by atoms with Gasteiger partial charge in [0.15, 0.2) is 6.61 Å². The number of ether oxygens (including phenoxy) is 2. The van der Waals surface area contributed by atoms with Crippen molar-refractivity contribution < 1.29 is 28.7 Å². The van der Waals surface area contributed by atoms with E-state index in [1.54, 1.807) is 29.2 Å². The molecule has 1 saturated heterocycles. The number of nitrogens with zero attached hydrogens (tertiary/aromatic N) is 2. The lowest BCUT2D eigenvalue weighted by Gasteiger charge is -2.20. The van der Waals surface area contributed by atoms with Gasteiger partial charge >= 0.3 is 5.97 Å². The quantitative estimate of drug-likeness (QED) is 0.644. The molecule has 9 heteroatoms. The number of benzene rings is 1. The van der Waals surface area contributed by atoms with Gasteiger partial charge in [0.1, 0.15) is 5.75 Å². The fourth-order valence-corrected chi connectivity index (χ4v) is 2.95. The average molecular weight is 405 g/mol. The highest BCUT2D eigenvalue weighted by molar-refractivity contribution is 5.95. The van der Waals surface area contributed by atoms with Crippen molar-refractivity contribution in [1.29, 1.82) is 0 Å². The van der Waals surface area contributed by atoms with Crippen molar-refractivity contribution in [1.82, 2.24) is 9.80 Å². The molecule has 0 spiro atoms. The largest absolute Gasteiger partial charge is 0.497 e. The highest BCUT2D eigenvalue weighted by Gasteiger charge is 2.36. The number of likely N-dealkylation sites (tertiary alicyclic amines) is 1. The molecule has 1 aromatic carbocycles. The van der Waals surface area contributed by atoms with E-state index in [0.717, 1.165) is 0 Å². The monoisotopic (exact) mass is 405 g/mol. The molecule has 158 valence electrons. The summed E-state index contributed by atoms with van der Waals surface area (Å²) in [7, 11) is 2.97. The van der Waals surface area contributed by atoms with Crippen molar-refractivity contribution in [2.45, 2.75) is 26.3 Å². The molecule has 1 aliphatic rings. The smallest absolute Gasteiger partial charge is 0.311 e. The van der Waals surface area contributed by atoms with Crippen LogP contribution in [0.3, 0.4) is 0 Å². The molecule has 9 nitrogen and oxygen atoms in total. The van der Waals surface area contributed by atoms with Crippen LogP contribution in [0.2, 0.25) is 0 Å². The summed E-state index contributed by atoms with van der Waals surface area (Å²) >= 11 is 0. The Labute approximate surface area is 169 Å². The number of likely N-dealkylation sites (N-methyl/N-ethyl adjacent to an activating group) is 1. The first-order chi connectivity index (χ1) is 13.7. The number of amides is 3. The van der Waals surface area contributed by atoms with E-state index in [2.05, 4.69) is 5.32 Å². The van der Waals surface area contributed by atoms with Gasteiger partial charge in [-0.2, -0.15) is 0 Å². The molecule has 1 atom stereocenters. The van der Waals surface area contributed by atoms with Crippen LogP contribution in [0.15, 0.2) is 24.3 Å². The third-order valence-corrected chi connectivity index (χ3v) is 4.61. The molecule has 0 saturated carbocycles. The number of carbonyl (C=O) groups excluding carboxylic acids is 4. The number of hydrogen-bond acceptors (Lipinski definition) is 6. The van der Waals surface area contributed by atoms with Gasteiger partial charge in [-0.3, -0.25) is 19.2 Å². The summed E-state index contributed by atoms with van der Waals surface area (Å²) < 4.78 is 10.1. The Hall–Kier alpha value is -3.10. The topological polar surface area (TPSA) is 105 Å². The van der Waals surface area contributed by atoms with Gasteiger partial charge < -0.3 is 24.6 Å². The maximum absolute atomic E-state index is 12.2. The minimum Gasteiger partial charge on any atom is -0.497 e. The van der Waals surface area contributed by atoms with E-state index in [0.29, 0.717) is 18.0 Å². The lowest BCUT2D eigenvalue weighted by Crippen LogP contribution is -2.38. The summed E-state index contributed by atoms with van der Waals surface area (Å²) in [5.41, 5.74) is 0.544. The summed E-state index contributed by atoms with van der Waals surface area (Å²) in [4.78, 5) is 51.1. The molecule has 0 radical (unpaired) electrons. The Kier molecular flexibility index (Phi) is 7.58. The summed E-state index contributed by atoms with van der Waals surface area (Å²) in [6.45, 7) is 3.37. The number of rotatable bonds is 8. The lowest BCUT2D eigenvalue weighted by molar-refractivity contribution is -0.155. The van der Waals surface area contributed by atoms with Gasteiger partial charge in [0, 0.05) is 37.8 Å². The van der Waals surface area contributed by atoms with E-state index < -0.39 is 30.3 Å². The maximum atomic E-state index is 12.2. The number of methoxy groups -OCH3 is 1. The third-order valence-electron chi connectivity index (χ3n) is 4.61. The van der Waals surface area contributed by atoms with Crippen molar-refractivity contribution in [2.75, 3.05) is 39.2 Å². The lowest BCUT2D eigenvalue weighted by atomic mass is 10.1. The number of nitrogens with one attached hydrogen (secondary N) is 1. The van der Waals surface area contributed by atoms with Crippen LogP contribution in [0.25, 0.3) is 0 Å². The predicted molar refractivity (Wildman–Crippen MR) is 105 cm³/mol. The van der Waals surface area contributed by atoms with Crippen LogP contribution in [0.1, 0.15) is 20.3 Å². The van der Waals surface area contributed by atoms with Crippen LogP contribution in [-0.2, 0) is 23.9 Å². The van der Waals surface area contributed by atoms with Crippen LogP contribution in [0.5, 0.6) is 5.75 Å². The van der Waals surface area contributed by atoms with E-state index in [1.165, 1.54) is 19.1 Å². The molecule has 1 N–H and O–H groups in total. The van der Waals surface area contributed by atoms with Crippen LogP contribution < -0.4 is 10.1 Å². The molecular weight excluding hydrogens is 378 g/mol.